The van der Waals surface area contributed by atoms with Gasteiger partial charge in [0.05, 0.1) is 5.92 Å². The molecule has 2 atom stereocenters. The van der Waals surface area contributed by atoms with Crippen LogP contribution in [-0.2, 0) is 23.8 Å². The van der Waals surface area contributed by atoms with Gasteiger partial charge in [0.25, 0.3) is 5.92 Å². The van der Waals surface area contributed by atoms with E-state index in [0.717, 1.165) is 6.92 Å². The molecule has 7 heteroatoms. The fourth-order valence-corrected chi connectivity index (χ4v) is 1.22. The highest BCUT2D eigenvalue weighted by Crippen LogP contribution is 2.24. The van der Waals surface area contributed by atoms with Crippen molar-refractivity contribution in [3.8, 4) is 0 Å². The van der Waals surface area contributed by atoms with Crippen molar-refractivity contribution in [1.29, 1.82) is 0 Å². The van der Waals surface area contributed by atoms with Crippen LogP contribution in [0.1, 0.15) is 54.9 Å². The molecule has 0 N–H and O–H groups in total. The van der Waals surface area contributed by atoms with Gasteiger partial charge in [-0.3, -0.25) is 4.79 Å². The second-order valence-electron chi connectivity index (χ2n) is 6.54. The van der Waals surface area contributed by atoms with Crippen molar-refractivity contribution in [3.05, 3.63) is 0 Å². The van der Waals surface area contributed by atoms with E-state index in [-0.39, 0.29) is 0 Å². The highest BCUT2D eigenvalue weighted by atomic mass is 19.3. The first kappa shape index (κ1) is 20.8. The van der Waals surface area contributed by atoms with Crippen LogP contribution in [0, 0.1) is 5.92 Å². The first-order chi connectivity index (χ1) is 9.70. The number of rotatable bonds is 7. The normalized spacial score (nSPS) is 16.6. The Hall–Kier alpha value is -1.24. The number of ether oxygens (including phenoxy) is 3. The summed E-state index contributed by atoms with van der Waals surface area (Å²) in [7, 11) is 0. The Morgan fingerprint density at radius 2 is 1.55 bits per heavy atom. The van der Waals surface area contributed by atoms with Crippen molar-refractivity contribution in [2.24, 2.45) is 5.92 Å². The Balaban J connectivity index is 5.20. The first-order valence-electron chi connectivity index (χ1n) is 7.18. The standard InChI is InChI=1S/C15H26F2O5/c1-8-10(2)11(18)21-15(7,20-9-14(6,16)17)12(19)22-13(3,4)5/h10H,8-9H2,1-7H3. The Morgan fingerprint density at radius 3 is 1.91 bits per heavy atom. The maximum atomic E-state index is 13.0. The third kappa shape index (κ3) is 7.68. The molecule has 0 amide bonds. The van der Waals surface area contributed by atoms with E-state index in [1.54, 1.807) is 34.6 Å². The maximum Gasteiger partial charge on any atom is 0.380 e. The van der Waals surface area contributed by atoms with Crippen molar-refractivity contribution in [1.82, 2.24) is 0 Å². The fraction of sp³-hybridized carbons (Fsp3) is 0.867. The summed E-state index contributed by atoms with van der Waals surface area (Å²) in [6.07, 6.45) is 0.479. The predicted octanol–water partition coefficient (Wildman–Crippen LogP) is 3.31. The van der Waals surface area contributed by atoms with Crippen LogP contribution in [0.4, 0.5) is 8.78 Å². The van der Waals surface area contributed by atoms with Crippen LogP contribution in [0.25, 0.3) is 0 Å². The summed E-state index contributed by atoms with van der Waals surface area (Å²) in [6, 6.07) is 0. The summed E-state index contributed by atoms with van der Waals surface area (Å²) in [6.45, 7) is 8.86. The summed E-state index contributed by atoms with van der Waals surface area (Å²) >= 11 is 0. The number of hydrogen-bond donors (Lipinski definition) is 0. The minimum Gasteiger partial charge on any atom is -0.455 e. The molecule has 130 valence electrons. The molecule has 0 aromatic carbocycles. The molecule has 0 aliphatic carbocycles. The van der Waals surface area contributed by atoms with Crippen molar-refractivity contribution in [2.75, 3.05) is 6.61 Å². The van der Waals surface area contributed by atoms with Crippen LogP contribution in [0.15, 0.2) is 0 Å². The Bertz CT molecular complexity index is 398. The number of esters is 2. The monoisotopic (exact) mass is 324 g/mol. The Morgan fingerprint density at radius 1 is 1.05 bits per heavy atom. The molecule has 5 nitrogen and oxygen atoms in total. The molecular formula is C15H26F2O5. The SMILES string of the molecule is CCC(C)C(=O)OC(C)(OCC(C)(F)F)C(=O)OC(C)(C)C. The van der Waals surface area contributed by atoms with Crippen molar-refractivity contribution < 1.29 is 32.6 Å². The topological polar surface area (TPSA) is 61.8 Å². The van der Waals surface area contributed by atoms with Crippen LogP contribution in [0.3, 0.4) is 0 Å². The number of carbonyl (C=O) groups excluding carboxylic acids is 2. The number of alkyl halides is 2. The molecule has 0 bridgehead atoms. The van der Waals surface area contributed by atoms with Gasteiger partial charge in [0, 0.05) is 13.8 Å². The van der Waals surface area contributed by atoms with Crippen LogP contribution in [-0.4, -0.2) is 35.9 Å². The fourth-order valence-electron chi connectivity index (χ4n) is 1.22. The zero-order valence-electron chi connectivity index (χ0n) is 14.3. The van der Waals surface area contributed by atoms with Crippen LogP contribution >= 0.6 is 0 Å². The van der Waals surface area contributed by atoms with Gasteiger partial charge in [-0.15, -0.1) is 0 Å². The lowest BCUT2D eigenvalue weighted by Gasteiger charge is -2.32. The van der Waals surface area contributed by atoms with Gasteiger partial charge in [-0.05, 0) is 27.2 Å². The minimum atomic E-state index is -3.17. The number of hydrogen-bond acceptors (Lipinski definition) is 5. The quantitative estimate of drug-likeness (QED) is 0.531. The van der Waals surface area contributed by atoms with Crippen LogP contribution < -0.4 is 0 Å². The first-order valence-corrected chi connectivity index (χ1v) is 7.18. The Kier molecular flexibility index (Phi) is 6.94. The average molecular weight is 324 g/mol. The summed E-state index contributed by atoms with van der Waals surface area (Å²) in [4.78, 5) is 24.1. The third-order valence-electron chi connectivity index (χ3n) is 2.68. The summed E-state index contributed by atoms with van der Waals surface area (Å²) in [5, 5.41) is 0. The van der Waals surface area contributed by atoms with Crippen molar-refractivity contribution in [3.63, 3.8) is 0 Å². The summed E-state index contributed by atoms with van der Waals surface area (Å²) in [5.41, 5.74) is -0.876. The van der Waals surface area contributed by atoms with Crippen molar-refractivity contribution in [2.45, 2.75) is 72.2 Å². The van der Waals surface area contributed by atoms with Gasteiger partial charge < -0.3 is 14.2 Å². The third-order valence-corrected chi connectivity index (χ3v) is 2.68. The molecule has 0 spiro atoms. The van der Waals surface area contributed by atoms with Crippen molar-refractivity contribution >= 4 is 11.9 Å². The molecule has 0 aromatic heterocycles. The zero-order valence-corrected chi connectivity index (χ0v) is 14.3. The lowest BCUT2D eigenvalue weighted by Crippen LogP contribution is -2.49. The smallest absolute Gasteiger partial charge is 0.380 e. The van der Waals surface area contributed by atoms with E-state index >= 15 is 0 Å². The highest BCUT2D eigenvalue weighted by Gasteiger charge is 2.45. The van der Waals surface area contributed by atoms with E-state index in [1.807, 2.05) is 0 Å². The molecule has 0 aromatic rings. The molecule has 0 saturated carbocycles. The molecule has 0 radical (unpaired) electrons. The van der Waals surface area contributed by atoms with Gasteiger partial charge in [-0.2, -0.15) is 0 Å². The van der Waals surface area contributed by atoms with E-state index < -0.39 is 41.8 Å². The minimum absolute atomic E-state index is 0.479. The summed E-state index contributed by atoms with van der Waals surface area (Å²) < 4.78 is 41.0. The van der Waals surface area contributed by atoms with Gasteiger partial charge in [-0.25, -0.2) is 13.6 Å². The number of carbonyl (C=O) groups is 2. The molecule has 0 aliphatic heterocycles. The molecule has 0 aliphatic rings. The highest BCUT2D eigenvalue weighted by molar-refractivity contribution is 5.82. The van der Waals surface area contributed by atoms with E-state index in [1.165, 1.54) is 0 Å². The molecule has 0 saturated heterocycles. The van der Waals surface area contributed by atoms with Gasteiger partial charge in [0.1, 0.15) is 12.2 Å². The molecule has 0 rings (SSSR count). The van der Waals surface area contributed by atoms with Gasteiger partial charge in [0.15, 0.2) is 0 Å². The number of halogens is 2. The second-order valence-corrected chi connectivity index (χ2v) is 6.54. The van der Waals surface area contributed by atoms with Gasteiger partial charge in [-0.1, -0.05) is 13.8 Å². The molecule has 2 unspecified atom stereocenters. The van der Waals surface area contributed by atoms with Gasteiger partial charge in [0.2, 0.25) is 0 Å². The van der Waals surface area contributed by atoms with Crippen LogP contribution in [0.5, 0.6) is 0 Å². The van der Waals surface area contributed by atoms with Gasteiger partial charge >= 0.3 is 17.7 Å². The molecule has 0 heterocycles. The lowest BCUT2D eigenvalue weighted by molar-refractivity contribution is -0.258. The Labute approximate surface area is 130 Å². The summed E-state index contributed by atoms with van der Waals surface area (Å²) in [5.74, 6) is -7.62. The van der Waals surface area contributed by atoms with E-state index in [9.17, 15) is 18.4 Å². The largest absolute Gasteiger partial charge is 0.455 e. The lowest BCUT2D eigenvalue weighted by atomic mass is 10.1. The van der Waals surface area contributed by atoms with E-state index in [2.05, 4.69) is 0 Å². The van der Waals surface area contributed by atoms with Crippen LogP contribution in [0.2, 0.25) is 0 Å². The molecular weight excluding hydrogens is 298 g/mol. The maximum absolute atomic E-state index is 13.0. The predicted molar refractivity (Wildman–Crippen MR) is 76.4 cm³/mol. The average Bonchev–Trinajstić information content (AvgIpc) is 2.32. The van der Waals surface area contributed by atoms with E-state index in [0.29, 0.717) is 13.3 Å². The van der Waals surface area contributed by atoms with E-state index in [4.69, 9.17) is 14.2 Å². The molecule has 0 fully saturated rings. The zero-order chi connectivity index (χ0) is 17.8. The molecule has 22 heavy (non-hydrogen) atoms. The second kappa shape index (κ2) is 7.35.